The molecule has 1 aliphatic heterocycles. The fraction of sp³-hybridized carbons (Fsp3) is 0.667. The minimum atomic E-state index is -0.935. The highest BCUT2D eigenvalue weighted by molar-refractivity contribution is 6.29. The van der Waals surface area contributed by atoms with Crippen LogP contribution in [0.1, 0.15) is 19.7 Å². The Morgan fingerprint density at radius 2 is 2.26 bits per heavy atom. The van der Waals surface area contributed by atoms with Crippen molar-refractivity contribution in [1.29, 1.82) is 0 Å². The van der Waals surface area contributed by atoms with Gasteiger partial charge < -0.3 is 24.1 Å². The van der Waals surface area contributed by atoms with Crippen molar-refractivity contribution in [1.82, 2.24) is 15.2 Å². The van der Waals surface area contributed by atoms with E-state index in [2.05, 4.69) is 15.4 Å². The number of nitrogens with zero attached hydrogens (tertiary/aromatic N) is 4. The molecular formula is C12H18ClN5O5. The first-order valence-electron chi connectivity index (χ1n) is 7.07. The molecule has 2 heterocycles. The molecule has 1 aromatic heterocycles. The Hall–Kier alpha value is -1.91. The Bertz CT molecular complexity index is 572. The largest absolute Gasteiger partial charge is 0.445 e. The zero-order valence-electron chi connectivity index (χ0n) is 12.8. The van der Waals surface area contributed by atoms with Crippen LogP contribution in [0.2, 0.25) is 5.15 Å². The van der Waals surface area contributed by atoms with E-state index in [1.54, 1.807) is 4.90 Å². The van der Waals surface area contributed by atoms with E-state index in [-0.39, 0.29) is 30.7 Å². The first kappa shape index (κ1) is 17.4. The van der Waals surface area contributed by atoms with E-state index in [9.17, 15) is 10.1 Å². The van der Waals surface area contributed by atoms with Crippen molar-refractivity contribution in [2.24, 2.45) is 5.10 Å². The second-order valence-corrected chi connectivity index (χ2v) is 5.10. The van der Waals surface area contributed by atoms with Gasteiger partial charge in [-0.3, -0.25) is 0 Å². The molecule has 1 aromatic rings. The highest BCUT2D eigenvalue weighted by Gasteiger charge is 2.41. The number of aromatic nitrogens is 1. The van der Waals surface area contributed by atoms with Crippen LogP contribution < -0.4 is 5.32 Å². The zero-order valence-corrected chi connectivity index (χ0v) is 13.6. The second-order valence-electron chi connectivity index (χ2n) is 4.71. The summed E-state index contributed by atoms with van der Waals surface area (Å²) in [5, 5.41) is 16.4. The normalized spacial score (nSPS) is 18.9. The Morgan fingerprint density at radius 3 is 2.78 bits per heavy atom. The number of hydrazone groups is 1. The van der Waals surface area contributed by atoms with Crippen LogP contribution in [-0.2, 0) is 16.0 Å². The van der Waals surface area contributed by atoms with Gasteiger partial charge in [-0.25, -0.2) is 15.1 Å². The first-order chi connectivity index (χ1) is 11.0. The minimum absolute atomic E-state index is 0.0827. The van der Waals surface area contributed by atoms with Crippen LogP contribution in [0.15, 0.2) is 15.8 Å². The number of rotatable bonds is 7. The summed E-state index contributed by atoms with van der Waals surface area (Å²) >= 11 is 5.73. The summed E-state index contributed by atoms with van der Waals surface area (Å²) in [7, 11) is 0. The van der Waals surface area contributed by atoms with Gasteiger partial charge in [0.15, 0.2) is 10.2 Å². The van der Waals surface area contributed by atoms with Gasteiger partial charge in [-0.2, -0.15) is 0 Å². The van der Waals surface area contributed by atoms with Gasteiger partial charge in [0.25, 0.3) is 5.96 Å². The van der Waals surface area contributed by atoms with Crippen LogP contribution in [0.25, 0.3) is 0 Å². The monoisotopic (exact) mass is 347 g/mol. The van der Waals surface area contributed by atoms with Crippen molar-refractivity contribution in [3.05, 3.63) is 27.4 Å². The lowest BCUT2D eigenvalue weighted by Crippen LogP contribution is -2.63. The van der Waals surface area contributed by atoms with Crippen LogP contribution in [0.4, 0.5) is 0 Å². The van der Waals surface area contributed by atoms with Gasteiger partial charge in [0, 0.05) is 13.2 Å². The molecule has 0 unspecified atom stereocenters. The van der Waals surface area contributed by atoms with Gasteiger partial charge in [-0.15, -0.1) is 0 Å². The first-order valence-corrected chi connectivity index (χ1v) is 7.45. The number of hydrogen-bond acceptors (Lipinski definition) is 6. The predicted octanol–water partition coefficient (Wildman–Crippen LogP) is 1.05. The molecule has 1 N–H and O–H groups in total. The van der Waals surface area contributed by atoms with Crippen molar-refractivity contribution >= 4 is 17.6 Å². The number of ether oxygens (including phenoxy) is 2. The standard InChI is InChI=1S/C12H18ClN5O5/c1-3-22-12(23-4-2)7-14-11(16-18(19)20)17(8-12)5-10-15-9(13)6-21-10/h6H,3-5,7-8H2,1-2H3,(H,14,16). The molecule has 2 rings (SSSR count). The maximum absolute atomic E-state index is 10.7. The molecule has 0 bridgehead atoms. The molecule has 0 spiro atoms. The SMILES string of the molecule is CCOC1(OCC)CN/C(=N\[N+](=O)[O-])N(Cc2nc(Cl)co2)C1. The van der Waals surface area contributed by atoms with E-state index in [1.807, 2.05) is 13.8 Å². The van der Waals surface area contributed by atoms with Crippen LogP contribution in [-0.4, -0.2) is 53.0 Å². The van der Waals surface area contributed by atoms with E-state index in [4.69, 9.17) is 25.5 Å². The molecule has 0 atom stereocenters. The topological polar surface area (TPSA) is 115 Å². The summed E-state index contributed by atoms with van der Waals surface area (Å²) in [4.78, 5) is 16.3. The third-order valence-electron chi connectivity index (χ3n) is 3.09. The van der Waals surface area contributed by atoms with Gasteiger partial charge in [0.1, 0.15) is 11.4 Å². The van der Waals surface area contributed by atoms with Crippen molar-refractivity contribution in [3.8, 4) is 0 Å². The molecule has 1 saturated heterocycles. The molecule has 0 aliphatic carbocycles. The van der Waals surface area contributed by atoms with Crippen molar-refractivity contribution < 1.29 is 18.9 Å². The predicted molar refractivity (Wildman–Crippen MR) is 80.3 cm³/mol. The maximum atomic E-state index is 10.7. The summed E-state index contributed by atoms with van der Waals surface area (Å²) in [6.45, 7) is 5.16. The summed E-state index contributed by atoms with van der Waals surface area (Å²) in [5.41, 5.74) is 0. The Labute approximate surface area is 137 Å². The number of nitro groups is 1. The lowest BCUT2D eigenvalue weighted by atomic mass is 10.2. The molecule has 0 radical (unpaired) electrons. The Kier molecular flexibility index (Phi) is 5.74. The van der Waals surface area contributed by atoms with Crippen LogP contribution in [0.3, 0.4) is 0 Å². The minimum Gasteiger partial charge on any atom is -0.445 e. The van der Waals surface area contributed by atoms with Gasteiger partial charge in [0.05, 0.1) is 19.6 Å². The van der Waals surface area contributed by atoms with E-state index >= 15 is 0 Å². The van der Waals surface area contributed by atoms with E-state index in [0.717, 1.165) is 0 Å². The number of oxazole rings is 1. The molecule has 1 aliphatic rings. The average Bonchev–Trinajstić information content (AvgIpc) is 2.87. The number of hydrogen-bond donors (Lipinski definition) is 1. The fourth-order valence-electron chi connectivity index (χ4n) is 2.34. The molecule has 1 fully saturated rings. The van der Waals surface area contributed by atoms with Crippen molar-refractivity contribution in [3.63, 3.8) is 0 Å². The van der Waals surface area contributed by atoms with E-state index in [0.29, 0.717) is 19.1 Å². The lowest BCUT2D eigenvalue weighted by molar-refractivity contribution is -0.486. The summed E-state index contributed by atoms with van der Waals surface area (Å²) < 4.78 is 16.6. The molecule has 10 nitrogen and oxygen atoms in total. The number of nitrogens with one attached hydrogen (secondary N) is 1. The smallest absolute Gasteiger partial charge is 0.272 e. The number of guanidine groups is 1. The van der Waals surface area contributed by atoms with E-state index in [1.165, 1.54) is 6.26 Å². The molecule has 23 heavy (non-hydrogen) atoms. The molecule has 0 amide bonds. The second kappa shape index (κ2) is 7.57. The van der Waals surface area contributed by atoms with Crippen LogP contribution in [0, 0.1) is 10.1 Å². The molecular weight excluding hydrogens is 330 g/mol. The van der Waals surface area contributed by atoms with Gasteiger partial charge in [0.2, 0.25) is 11.7 Å². The van der Waals surface area contributed by atoms with Crippen molar-refractivity contribution in [2.45, 2.75) is 26.2 Å². The Balaban J connectivity index is 2.23. The highest BCUT2D eigenvalue weighted by atomic mass is 35.5. The van der Waals surface area contributed by atoms with E-state index < -0.39 is 10.8 Å². The van der Waals surface area contributed by atoms with Crippen molar-refractivity contribution in [2.75, 3.05) is 26.3 Å². The molecule has 128 valence electrons. The van der Waals surface area contributed by atoms with Crippen LogP contribution in [0.5, 0.6) is 0 Å². The van der Waals surface area contributed by atoms with Gasteiger partial charge in [-0.05, 0) is 13.8 Å². The van der Waals surface area contributed by atoms with Crippen LogP contribution >= 0.6 is 11.6 Å². The fourth-order valence-corrected chi connectivity index (χ4v) is 2.48. The zero-order chi connectivity index (χ0) is 16.9. The summed E-state index contributed by atoms with van der Waals surface area (Å²) in [6, 6.07) is 0. The summed E-state index contributed by atoms with van der Waals surface area (Å²) in [6.07, 6.45) is 1.29. The van der Waals surface area contributed by atoms with Gasteiger partial charge in [-0.1, -0.05) is 11.6 Å². The summed E-state index contributed by atoms with van der Waals surface area (Å²) in [5.74, 6) is -0.550. The lowest BCUT2D eigenvalue weighted by Gasteiger charge is -2.42. The third kappa shape index (κ3) is 4.53. The maximum Gasteiger partial charge on any atom is 0.272 e. The highest BCUT2D eigenvalue weighted by Crippen LogP contribution is 2.21. The molecule has 0 aromatic carbocycles. The van der Waals surface area contributed by atoms with Gasteiger partial charge >= 0.3 is 0 Å². The molecule has 11 heteroatoms. The molecule has 0 saturated carbocycles. The Morgan fingerprint density at radius 1 is 1.57 bits per heavy atom. The quantitative estimate of drug-likeness (QED) is 0.442. The average molecular weight is 348 g/mol. The third-order valence-corrected chi connectivity index (χ3v) is 3.26. The number of halogens is 1.